The third-order valence-electron chi connectivity index (χ3n) is 5.35. The molecule has 1 heterocycles. The van der Waals surface area contributed by atoms with Crippen LogP contribution in [0.2, 0.25) is 5.02 Å². The molecule has 0 spiro atoms. The Morgan fingerprint density at radius 1 is 1.12 bits per heavy atom. The summed E-state index contributed by atoms with van der Waals surface area (Å²) in [5, 5.41) is 2.84. The van der Waals surface area contributed by atoms with E-state index in [-0.39, 0.29) is 5.92 Å². The van der Waals surface area contributed by atoms with Gasteiger partial charge in [0, 0.05) is 23.5 Å². The van der Waals surface area contributed by atoms with Gasteiger partial charge in [-0.25, -0.2) is 13.6 Å². The molecule has 3 N–H and O–H groups in total. The molecule has 2 amide bonds. The highest BCUT2D eigenvalue weighted by Crippen LogP contribution is 2.39. The predicted octanol–water partition coefficient (Wildman–Crippen LogP) is 10.4. The number of alkyl halides is 3. The number of carbonyl (C=O) groups excluding carboxylic acids is 1. The highest BCUT2D eigenvalue weighted by Gasteiger charge is 2.33. The topological polar surface area (TPSA) is 68.0 Å². The Morgan fingerprint density at radius 2 is 1.64 bits per heavy atom. The van der Waals surface area contributed by atoms with E-state index in [0.717, 1.165) is 37.4 Å². The van der Waals surface area contributed by atoms with E-state index in [0.29, 0.717) is 28.7 Å². The molecule has 1 unspecified atom stereocenters. The van der Waals surface area contributed by atoms with Gasteiger partial charge in [0.1, 0.15) is 5.82 Å². The van der Waals surface area contributed by atoms with Gasteiger partial charge >= 0.3 is 12.2 Å². The number of nitrogens with two attached hydrogens (primary N) is 1. The van der Waals surface area contributed by atoms with Gasteiger partial charge in [0.05, 0.1) is 16.9 Å². The van der Waals surface area contributed by atoms with Gasteiger partial charge in [-0.2, -0.15) is 13.2 Å². The lowest BCUT2D eigenvalue weighted by molar-refractivity contribution is -0.137. The number of allylic oxidation sites excluding steroid dienone is 3. The predicted molar refractivity (Wildman–Crippen MR) is 165 cm³/mol. The number of terminal acetylenes is 1. The third-order valence-corrected chi connectivity index (χ3v) is 5.57. The Labute approximate surface area is 253 Å². The zero-order valence-electron chi connectivity index (χ0n) is 24.9. The molecule has 0 fully saturated rings. The molecule has 234 valence electrons. The van der Waals surface area contributed by atoms with Crippen molar-refractivity contribution < 1.29 is 26.7 Å². The van der Waals surface area contributed by atoms with Crippen LogP contribution in [-0.4, -0.2) is 11.0 Å². The summed E-state index contributed by atoms with van der Waals surface area (Å²) >= 11 is 5.90. The first kappa shape index (κ1) is 42.8. The highest BCUT2D eigenvalue weighted by molar-refractivity contribution is 6.30. The molecule has 0 bridgehead atoms. The number of urea groups is 1. The van der Waals surface area contributed by atoms with Gasteiger partial charge in [-0.3, -0.25) is 4.98 Å². The number of carbonyl (C=O) groups is 1. The van der Waals surface area contributed by atoms with Crippen LogP contribution in [0.25, 0.3) is 0 Å². The fourth-order valence-electron chi connectivity index (χ4n) is 3.70. The van der Waals surface area contributed by atoms with E-state index < -0.39 is 29.5 Å². The van der Waals surface area contributed by atoms with Gasteiger partial charge in [-0.05, 0) is 75.4 Å². The average Bonchev–Trinajstić information content (AvgIpc) is 2.96. The molecule has 2 rings (SSSR count). The Hall–Kier alpha value is -3.64. The van der Waals surface area contributed by atoms with Crippen molar-refractivity contribution in [2.45, 2.75) is 72.4 Å². The molecule has 1 atom stereocenters. The summed E-state index contributed by atoms with van der Waals surface area (Å²) < 4.78 is 64.0. The maximum Gasteiger partial charge on any atom is 0.416 e. The van der Waals surface area contributed by atoms with Crippen LogP contribution in [0.1, 0.15) is 83.0 Å². The number of halogens is 6. The van der Waals surface area contributed by atoms with E-state index in [4.69, 9.17) is 17.3 Å². The molecule has 0 aliphatic heterocycles. The quantitative estimate of drug-likeness (QED) is 0.176. The second kappa shape index (κ2) is 25.1. The van der Waals surface area contributed by atoms with E-state index in [2.05, 4.69) is 36.3 Å². The van der Waals surface area contributed by atoms with Crippen LogP contribution in [0.4, 0.5) is 26.7 Å². The molecule has 42 heavy (non-hydrogen) atoms. The van der Waals surface area contributed by atoms with Crippen LogP contribution in [0.5, 0.6) is 0 Å². The SMILES string of the molecule is C#C.C/C=C(\C)NC(N)=O.C/C=C/F.C=C.CCCC(CCC)C(c1cc(F)cc(C(F)(F)F)c1)c1ccc(Cl)cn1. The maximum atomic E-state index is 14.0. The number of hydrogen-bond acceptors (Lipinski definition) is 2. The van der Waals surface area contributed by atoms with Gasteiger partial charge in [-0.15, -0.1) is 26.0 Å². The van der Waals surface area contributed by atoms with Crippen molar-refractivity contribution in [3.05, 3.63) is 102 Å². The molecule has 0 aliphatic carbocycles. The second-order valence-corrected chi connectivity index (χ2v) is 8.84. The highest BCUT2D eigenvalue weighted by atomic mass is 35.5. The third kappa shape index (κ3) is 18.7. The minimum Gasteiger partial charge on any atom is -0.351 e. The molecule has 0 saturated carbocycles. The fraction of sp³-hybridized carbons (Fsp3) is 0.375. The van der Waals surface area contributed by atoms with E-state index >= 15 is 0 Å². The summed E-state index contributed by atoms with van der Waals surface area (Å²) in [5.41, 5.74) is 5.50. The summed E-state index contributed by atoms with van der Waals surface area (Å²) in [6.07, 6.45) is 11.9. The first-order chi connectivity index (χ1) is 19.8. The second-order valence-electron chi connectivity index (χ2n) is 8.41. The number of hydrogen-bond donors (Lipinski definition) is 2. The minimum absolute atomic E-state index is 0.0709. The van der Waals surface area contributed by atoms with Crippen molar-refractivity contribution in [1.29, 1.82) is 0 Å². The van der Waals surface area contributed by atoms with Crippen molar-refractivity contribution in [3.8, 4) is 12.8 Å². The molecule has 0 radical (unpaired) electrons. The minimum atomic E-state index is -4.60. The van der Waals surface area contributed by atoms with Gasteiger partial charge in [0.25, 0.3) is 0 Å². The normalized spacial score (nSPS) is 11.3. The summed E-state index contributed by atoms with van der Waals surface area (Å²) in [7, 11) is 0. The Kier molecular flexibility index (Phi) is 25.6. The van der Waals surface area contributed by atoms with E-state index in [1.54, 1.807) is 32.1 Å². The number of primary amides is 1. The maximum absolute atomic E-state index is 14.0. The zero-order chi connectivity index (χ0) is 33.3. The van der Waals surface area contributed by atoms with Crippen LogP contribution >= 0.6 is 11.6 Å². The van der Waals surface area contributed by atoms with Crippen molar-refractivity contribution in [3.63, 3.8) is 0 Å². The Bertz CT molecular complexity index is 1070. The largest absolute Gasteiger partial charge is 0.416 e. The molecule has 4 nitrogen and oxygen atoms in total. The van der Waals surface area contributed by atoms with Crippen LogP contribution in [0, 0.1) is 24.6 Å². The van der Waals surface area contributed by atoms with Crippen LogP contribution < -0.4 is 11.1 Å². The van der Waals surface area contributed by atoms with Crippen molar-refractivity contribution in [2.75, 3.05) is 0 Å². The number of nitrogens with zero attached hydrogens (tertiary/aromatic N) is 1. The number of aromatic nitrogens is 1. The molecule has 1 aromatic carbocycles. The van der Waals surface area contributed by atoms with E-state index in [9.17, 15) is 26.7 Å². The number of benzene rings is 1. The lowest BCUT2D eigenvalue weighted by atomic mass is 9.78. The van der Waals surface area contributed by atoms with Crippen molar-refractivity contribution in [1.82, 2.24) is 10.3 Å². The van der Waals surface area contributed by atoms with E-state index in [1.165, 1.54) is 18.3 Å². The van der Waals surface area contributed by atoms with Gasteiger partial charge in [0.15, 0.2) is 0 Å². The summed E-state index contributed by atoms with van der Waals surface area (Å²) in [6.45, 7) is 15.3. The molecule has 1 aromatic heterocycles. The molecule has 0 aliphatic rings. The summed E-state index contributed by atoms with van der Waals surface area (Å²) in [6, 6.07) is 5.63. The zero-order valence-corrected chi connectivity index (χ0v) is 25.7. The first-order valence-electron chi connectivity index (χ1n) is 13.1. The standard InChI is InChI=1S/C20H22ClF4N.C5H10N2O.C3H5F.C2H4.C2H2/c1-3-5-13(6-4-2)19(18-8-7-16(21)12-26-18)14-9-15(20(23,24)25)11-17(22)10-14;1-3-4(2)7-5(6)8;1-2-3-4;2*1-2/h7-13,19H,3-6H2,1-2H3;3H,1-2H3,(H3,6,7,8);2-3H,1H3;1-2H2;1-2H/b;4-3+;3-2+;;. The van der Waals surface area contributed by atoms with Gasteiger partial charge in [-0.1, -0.05) is 50.4 Å². The number of amides is 2. The van der Waals surface area contributed by atoms with Gasteiger partial charge in [0.2, 0.25) is 0 Å². The van der Waals surface area contributed by atoms with Crippen LogP contribution in [-0.2, 0) is 6.18 Å². The molecule has 2 aromatic rings. The number of pyridine rings is 1. The Balaban J connectivity index is -0.000000789. The fourth-order valence-corrected chi connectivity index (χ4v) is 3.81. The van der Waals surface area contributed by atoms with E-state index in [1.807, 2.05) is 20.8 Å². The molecule has 10 heteroatoms. The van der Waals surface area contributed by atoms with Crippen molar-refractivity contribution in [2.24, 2.45) is 11.7 Å². The van der Waals surface area contributed by atoms with Gasteiger partial charge < -0.3 is 11.1 Å². The number of nitrogens with one attached hydrogen (secondary N) is 1. The molecule has 0 saturated heterocycles. The summed E-state index contributed by atoms with van der Waals surface area (Å²) in [4.78, 5) is 14.4. The van der Waals surface area contributed by atoms with Crippen LogP contribution in [0.15, 0.2) is 73.9 Å². The Morgan fingerprint density at radius 3 is 1.98 bits per heavy atom. The van der Waals surface area contributed by atoms with Crippen molar-refractivity contribution >= 4 is 17.6 Å². The lowest BCUT2D eigenvalue weighted by Gasteiger charge is -2.28. The lowest BCUT2D eigenvalue weighted by Crippen LogP contribution is -2.27. The summed E-state index contributed by atoms with van der Waals surface area (Å²) in [5.74, 6) is -1.23. The molecular formula is C32H43ClF5N3O. The molecular weight excluding hydrogens is 573 g/mol. The average molecular weight is 616 g/mol. The monoisotopic (exact) mass is 615 g/mol. The number of rotatable bonds is 8. The first-order valence-corrected chi connectivity index (χ1v) is 13.4. The smallest absolute Gasteiger partial charge is 0.351 e. The van der Waals surface area contributed by atoms with Crippen LogP contribution in [0.3, 0.4) is 0 Å².